The van der Waals surface area contributed by atoms with Crippen LogP contribution in [0.2, 0.25) is 0 Å². The van der Waals surface area contributed by atoms with Crippen LogP contribution in [0.5, 0.6) is 11.5 Å². The number of carbonyl (C=O) groups is 2. The Kier molecular flexibility index (Phi) is 9.03. The lowest BCUT2D eigenvalue weighted by Gasteiger charge is -2.03. The van der Waals surface area contributed by atoms with E-state index in [0.717, 1.165) is 6.08 Å². The molecule has 1 aromatic carbocycles. The molecule has 0 unspecified atom stereocenters. The van der Waals surface area contributed by atoms with E-state index in [0.29, 0.717) is 24.3 Å². The molecule has 0 heterocycles. The number of nitrogens with two attached hydrogens (primary N) is 1. The first-order chi connectivity index (χ1) is 9.90. The molecule has 0 aromatic heterocycles. The van der Waals surface area contributed by atoms with Crippen molar-refractivity contribution in [3.05, 3.63) is 29.8 Å². The van der Waals surface area contributed by atoms with E-state index in [2.05, 4.69) is 0 Å². The van der Waals surface area contributed by atoms with Gasteiger partial charge in [-0.15, -0.1) is 0 Å². The molecule has 7 nitrogen and oxygen atoms in total. The van der Waals surface area contributed by atoms with Gasteiger partial charge in [-0.1, -0.05) is 6.07 Å². The molecule has 0 saturated heterocycles. The molecule has 0 saturated carbocycles. The number of ether oxygens (including phenoxy) is 1. The van der Waals surface area contributed by atoms with Gasteiger partial charge in [0.25, 0.3) is 0 Å². The van der Waals surface area contributed by atoms with Crippen molar-refractivity contribution in [3.8, 4) is 11.5 Å². The van der Waals surface area contributed by atoms with Crippen molar-refractivity contribution in [1.82, 2.24) is 0 Å². The highest BCUT2D eigenvalue weighted by molar-refractivity contribution is 5.85. The maximum atomic E-state index is 10.2. The molecule has 5 N–H and O–H groups in total. The van der Waals surface area contributed by atoms with E-state index in [1.807, 2.05) is 0 Å². The van der Waals surface area contributed by atoms with Crippen molar-refractivity contribution in [2.75, 3.05) is 13.7 Å². The fourth-order valence-electron chi connectivity index (χ4n) is 1.22. The van der Waals surface area contributed by atoms with Crippen LogP contribution < -0.4 is 10.5 Å². The predicted octanol–water partition coefficient (Wildman–Crippen LogP) is 1.31. The third kappa shape index (κ3) is 9.06. The summed E-state index contributed by atoms with van der Waals surface area (Å²) in [5.41, 5.74) is 5.67. The molecule has 0 bridgehead atoms. The summed E-state index contributed by atoms with van der Waals surface area (Å²) in [7, 11) is 1.43. The molecule has 21 heavy (non-hydrogen) atoms. The molecule has 0 fully saturated rings. The molecular weight excluding hydrogens is 278 g/mol. The smallest absolute Gasteiger partial charge is 0.328 e. The van der Waals surface area contributed by atoms with Crippen LogP contribution in [-0.4, -0.2) is 40.9 Å². The van der Waals surface area contributed by atoms with E-state index >= 15 is 0 Å². The zero-order valence-electron chi connectivity index (χ0n) is 11.7. The largest absolute Gasteiger partial charge is 0.504 e. The van der Waals surface area contributed by atoms with Crippen LogP contribution in [0.25, 0.3) is 6.08 Å². The predicted molar refractivity (Wildman–Crippen MR) is 77.3 cm³/mol. The first kappa shape index (κ1) is 18.5. The molecular formula is C14H19NO6. The summed E-state index contributed by atoms with van der Waals surface area (Å²) in [4.78, 5) is 19.9. The molecule has 7 heteroatoms. The Labute approximate surface area is 122 Å². The average Bonchev–Trinajstić information content (AvgIpc) is 2.44. The number of benzene rings is 1. The van der Waals surface area contributed by atoms with Crippen molar-refractivity contribution in [1.29, 1.82) is 0 Å². The molecule has 0 aliphatic heterocycles. The van der Waals surface area contributed by atoms with E-state index in [-0.39, 0.29) is 12.2 Å². The number of rotatable bonds is 6. The summed E-state index contributed by atoms with van der Waals surface area (Å²) >= 11 is 0. The van der Waals surface area contributed by atoms with Crippen molar-refractivity contribution in [3.63, 3.8) is 0 Å². The topological polar surface area (TPSA) is 130 Å². The van der Waals surface area contributed by atoms with E-state index in [9.17, 15) is 14.7 Å². The van der Waals surface area contributed by atoms with Crippen LogP contribution in [0.3, 0.4) is 0 Å². The molecule has 0 spiro atoms. The van der Waals surface area contributed by atoms with Crippen molar-refractivity contribution in [2.45, 2.75) is 12.8 Å². The van der Waals surface area contributed by atoms with Crippen LogP contribution in [0.1, 0.15) is 18.4 Å². The number of carboxylic acid groups (broad SMARTS) is 2. The molecule has 0 radical (unpaired) electrons. The number of methoxy groups -OCH3 is 1. The van der Waals surface area contributed by atoms with Crippen molar-refractivity contribution in [2.24, 2.45) is 5.73 Å². The average molecular weight is 297 g/mol. The second-order valence-electron chi connectivity index (χ2n) is 3.89. The van der Waals surface area contributed by atoms with Gasteiger partial charge in [0.2, 0.25) is 0 Å². The number of phenols is 1. The summed E-state index contributed by atoms with van der Waals surface area (Å²) < 4.78 is 4.86. The summed E-state index contributed by atoms with van der Waals surface area (Å²) in [6.07, 6.45) is 3.21. The number of aromatic hydroxyl groups is 1. The molecule has 0 amide bonds. The minimum atomic E-state index is -1.02. The van der Waals surface area contributed by atoms with Crippen LogP contribution in [0.4, 0.5) is 0 Å². The minimum Gasteiger partial charge on any atom is -0.504 e. The number of aliphatic carboxylic acids is 2. The fourth-order valence-corrected chi connectivity index (χ4v) is 1.22. The third-order valence-corrected chi connectivity index (χ3v) is 2.22. The molecule has 116 valence electrons. The Balaban J connectivity index is 0.000000486. The number of carboxylic acids is 2. The van der Waals surface area contributed by atoms with Gasteiger partial charge in [-0.05, 0) is 36.7 Å². The Bertz CT molecular complexity index is 498. The molecule has 1 aromatic rings. The fraction of sp³-hybridized carbons (Fsp3) is 0.286. The Morgan fingerprint density at radius 2 is 2.00 bits per heavy atom. The lowest BCUT2D eigenvalue weighted by molar-refractivity contribution is -0.137. The molecule has 0 aliphatic rings. The summed E-state index contributed by atoms with van der Waals surface area (Å²) in [6, 6.07) is 4.59. The van der Waals surface area contributed by atoms with Gasteiger partial charge in [0.05, 0.1) is 7.11 Å². The lowest BCUT2D eigenvalue weighted by Crippen LogP contribution is -2.02. The van der Waals surface area contributed by atoms with E-state index < -0.39 is 11.9 Å². The van der Waals surface area contributed by atoms with Crippen LogP contribution in [0.15, 0.2) is 24.3 Å². The first-order valence-corrected chi connectivity index (χ1v) is 6.10. The van der Waals surface area contributed by atoms with Crippen molar-refractivity contribution < 1.29 is 29.6 Å². The minimum absolute atomic E-state index is 0.0278. The summed E-state index contributed by atoms with van der Waals surface area (Å²) in [6.45, 7) is 0.465. The van der Waals surface area contributed by atoms with Crippen LogP contribution in [-0.2, 0) is 9.59 Å². The molecule has 0 atom stereocenters. The van der Waals surface area contributed by atoms with Gasteiger partial charge in [0.15, 0.2) is 11.5 Å². The summed E-state index contributed by atoms with van der Waals surface area (Å²) in [5.74, 6) is -1.44. The van der Waals surface area contributed by atoms with Gasteiger partial charge < -0.3 is 25.8 Å². The lowest BCUT2D eigenvalue weighted by atomic mass is 10.2. The number of hydrogen-bond acceptors (Lipinski definition) is 5. The van der Waals surface area contributed by atoms with Gasteiger partial charge in [-0.3, -0.25) is 4.79 Å². The number of hydrogen-bond donors (Lipinski definition) is 4. The Morgan fingerprint density at radius 3 is 2.43 bits per heavy atom. The zero-order chi connectivity index (χ0) is 16.3. The quantitative estimate of drug-likeness (QED) is 0.582. The zero-order valence-corrected chi connectivity index (χ0v) is 11.7. The van der Waals surface area contributed by atoms with Gasteiger partial charge in [0, 0.05) is 12.5 Å². The maximum Gasteiger partial charge on any atom is 0.328 e. The second kappa shape index (κ2) is 10.3. The highest BCUT2D eigenvalue weighted by atomic mass is 16.5. The highest BCUT2D eigenvalue weighted by Crippen LogP contribution is 2.26. The van der Waals surface area contributed by atoms with Gasteiger partial charge in [-0.25, -0.2) is 4.79 Å². The SMILES string of the molecule is COc1cc(C=CC(=O)O)ccc1O.NCCCC(=O)O. The van der Waals surface area contributed by atoms with Crippen LogP contribution >= 0.6 is 0 Å². The molecule has 0 aliphatic carbocycles. The van der Waals surface area contributed by atoms with Gasteiger partial charge in [0.1, 0.15) is 0 Å². The standard InChI is InChI=1S/C10H10O4.C4H9NO2/c1-14-9-6-7(2-4-8(9)11)3-5-10(12)13;5-3-1-2-4(6)7/h2-6,11H,1H3,(H,12,13);1-3,5H2,(H,6,7). The first-order valence-electron chi connectivity index (χ1n) is 6.10. The monoisotopic (exact) mass is 297 g/mol. The van der Waals surface area contributed by atoms with E-state index in [1.54, 1.807) is 12.1 Å². The second-order valence-corrected chi connectivity index (χ2v) is 3.89. The van der Waals surface area contributed by atoms with Gasteiger partial charge >= 0.3 is 11.9 Å². The van der Waals surface area contributed by atoms with Gasteiger partial charge in [-0.2, -0.15) is 0 Å². The maximum absolute atomic E-state index is 10.2. The molecule has 1 rings (SSSR count). The summed E-state index contributed by atoms with van der Waals surface area (Å²) in [5, 5.41) is 25.6. The Morgan fingerprint density at radius 1 is 1.33 bits per heavy atom. The van der Waals surface area contributed by atoms with Crippen LogP contribution in [0, 0.1) is 0 Å². The highest BCUT2D eigenvalue weighted by Gasteiger charge is 2.00. The van der Waals surface area contributed by atoms with E-state index in [1.165, 1.54) is 19.3 Å². The normalized spacial score (nSPS) is 9.81. The number of phenolic OH excluding ortho intramolecular Hbond substituents is 1. The third-order valence-electron chi connectivity index (χ3n) is 2.22. The van der Waals surface area contributed by atoms with E-state index in [4.69, 9.17) is 20.7 Å². The Hall–Kier alpha value is -2.54. The van der Waals surface area contributed by atoms with Crippen molar-refractivity contribution >= 4 is 18.0 Å².